The van der Waals surface area contributed by atoms with Crippen LogP contribution in [0.3, 0.4) is 0 Å². The van der Waals surface area contributed by atoms with Gasteiger partial charge >= 0.3 is 0 Å². The van der Waals surface area contributed by atoms with Crippen molar-refractivity contribution in [2.75, 3.05) is 46.3 Å². The molecule has 2 fully saturated rings. The number of likely N-dealkylation sites (tertiary alicyclic amines) is 1. The van der Waals surface area contributed by atoms with Gasteiger partial charge in [0, 0.05) is 32.7 Å². The highest BCUT2D eigenvalue weighted by Crippen LogP contribution is 2.27. The minimum absolute atomic E-state index is 0.777. The predicted molar refractivity (Wildman–Crippen MR) is 84.1 cm³/mol. The Morgan fingerprint density at radius 3 is 2.30 bits per heavy atom. The summed E-state index contributed by atoms with van der Waals surface area (Å²) < 4.78 is 0. The van der Waals surface area contributed by atoms with E-state index in [-0.39, 0.29) is 0 Å². The Morgan fingerprint density at radius 2 is 1.65 bits per heavy atom. The Kier molecular flexibility index (Phi) is 4.71. The van der Waals surface area contributed by atoms with Crippen molar-refractivity contribution >= 4 is 0 Å². The highest BCUT2D eigenvalue weighted by atomic mass is 15.2. The summed E-state index contributed by atoms with van der Waals surface area (Å²) in [5, 5.41) is 3.41. The summed E-state index contributed by atoms with van der Waals surface area (Å²) in [4.78, 5) is 4.98. The SMILES string of the molecule is CN1CCC(c2ccc(CN3CCNCC3)cc2)CC1. The summed E-state index contributed by atoms with van der Waals surface area (Å²) >= 11 is 0. The van der Waals surface area contributed by atoms with Gasteiger partial charge in [0.2, 0.25) is 0 Å². The maximum atomic E-state index is 3.41. The highest BCUT2D eigenvalue weighted by molar-refractivity contribution is 5.26. The molecule has 1 N–H and O–H groups in total. The van der Waals surface area contributed by atoms with Crippen molar-refractivity contribution in [2.45, 2.75) is 25.3 Å². The zero-order valence-corrected chi connectivity index (χ0v) is 12.6. The van der Waals surface area contributed by atoms with Crippen molar-refractivity contribution in [3.63, 3.8) is 0 Å². The molecule has 0 spiro atoms. The summed E-state index contributed by atoms with van der Waals surface area (Å²) in [6.45, 7) is 8.21. The zero-order valence-electron chi connectivity index (χ0n) is 12.6. The van der Waals surface area contributed by atoms with Crippen molar-refractivity contribution in [1.82, 2.24) is 15.1 Å². The van der Waals surface area contributed by atoms with Crippen LogP contribution in [0.1, 0.15) is 29.9 Å². The first-order chi connectivity index (χ1) is 9.81. The molecule has 1 aromatic rings. The van der Waals surface area contributed by atoms with Crippen molar-refractivity contribution < 1.29 is 0 Å². The standard InChI is InChI=1S/C17H27N3/c1-19-10-6-17(7-11-19)16-4-2-15(3-5-16)14-20-12-8-18-9-13-20/h2-5,17-18H,6-14H2,1H3. The van der Waals surface area contributed by atoms with Gasteiger partial charge in [-0.25, -0.2) is 0 Å². The molecule has 0 unspecified atom stereocenters. The van der Waals surface area contributed by atoms with E-state index in [1.165, 1.54) is 44.6 Å². The Hall–Kier alpha value is -0.900. The molecule has 0 atom stereocenters. The lowest BCUT2D eigenvalue weighted by atomic mass is 9.89. The van der Waals surface area contributed by atoms with Crippen LogP contribution >= 0.6 is 0 Å². The lowest BCUT2D eigenvalue weighted by Crippen LogP contribution is -2.42. The monoisotopic (exact) mass is 273 g/mol. The van der Waals surface area contributed by atoms with E-state index in [0.717, 1.165) is 25.6 Å². The van der Waals surface area contributed by atoms with Crippen molar-refractivity contribution in [3.8, 4) is 0 Å². The molecular weight excluding hydrogens is 246 g/mol. The van der Waals surface area contributed by atoms with Crippen LogP contribution in [0, 0.1) is 0 Å². The fourth-order valence-corrected chi connectivity index (χ4v) is 3.36. The molecule has 20 heavy (non-hydrogen) atoms. The summed E-state index contributed by atoms with van der Waals surface area (Å²) in [6, 6.07) is 9.42. The van der Waals surface area contributed by atoms with Crippen LogP contribution < -0.4 is 5.32 Å². The molecule has 110 valence electrons. The van der Waals surface area contributed by atoms with Gasteiger partial charge in [0.25, 0.3) is 0 Å². The summed E-state index contributed by atoms with van der Waals surface area (Å²) in [7, 11) is 2.23. The summed E-state index contributed by atoms with van der Waals surface area (Å²) in [6.07, 6.45) is 2.63. The lowest BCUT2D eigenvalue weighted by molar-refractivity contribution is 0.233. The minimum atomic E-state index is 0.777. The summed E-state index contributed by atoms with van der Waals surface area (Å²) in [5.74, 6) is 0.777. The Morgan fingerprint density at radius 1 is 1.00 bits per heavy atom. The quantitative estimate of drug-likeness (QED) is 0.907. The number of nitrogens with zero attached hydrogens (tertiary/aromatic N) is 2. The average molecular weight is 273 g/mol. The number of rotatable bonds is 3. The maximum Gasteiger partial charge on any atom is 0.0234 e. The van der Waals surface area contributed by atoms with E-state index in [1.807, 2.05) is 0 Å². The molecule has 2 saturated heterocycles. The van der Waals surface area contributed by atoms with Crippen LogP contribution in [0.15, 0.2) is 24.3 Å². The van der Waals surface area contributed by atoms with Crippen LogP contribution in [0.25, 0.3) is 0 Å². The third-order valence-electron chi connectivity index (χ3n) is 4.79. The van der Waals surface area contributed by atoms with E-state index in [2.05, 4.69) is 46.4 Å². The first-order valence-electron chi connectivity index (χ1n) is 8.02. The molecule has 2 heterocycles. The van der Waals surface area contributed by atoms with Gasteiger partial charge in [0.1, 0.15) is 0 Å². The third-order valence-corrected chi connectivity index (χ3v) is 4.79. The highest BCUT2D eigenvalue weighted by Gasteiger charge is 2.18. The van der Waals surface area contributed by atoms with Gasteiger partial charge in [-0.2, -0.15) is 0 Å². The van der Waals surface area contributed by atoms with Crippen LogP contribution in [0.5, 0.6) is 0 Å². The van der Waals surface area contributed by atoms with Gasteiger partial charge in [0.05, 0.1) is 0 Å². The molecule has 0 radical (unpaired) electrons. The number of piperidine rings is 1. The van der Waals surface area contributed by atoms with E-state index in [4.69, 9.17) is 0 Å². The van der Waals surface area contributed by atoms with E-state index < -0.39 is 0 Å². The topological polar surface area (TPSA) is 18.5 Å². The van der Waals surface area contributed by atoms with E-state index in [1.54, 1.807) is 5.56 Å². The summed E-state index contributed by atoms with van der Waals surface area (Å²) in [5.41, 5.74) is 3.01. The molecule has 1 aromatic carbocycles. The molecule has 0 saturated carbocycles. The molecule has 3 rings (SSSR count). The minimum Gasteiger partial charge on any atom is -0.314 e. The number of nitrogens with one attached hydrogen (secondary N) is 1. The largest absolute Gasteiger partial charge is 0.314 e. The molecular formula is C17H27N3. The smallest absolute Gasteiger partial charge is 0.0234 e. The maximum absolute atomic E-state index is 3.41. The molecule has 3 nitrogen and oxygen atoms in total. The van der Waals surface area contributed by atoms with Crippen LogP contribution in [0.4, 0.5) is 0 Å². The third kappa shape index (κ3) is 3.60. The number of piperazine rings is 1. The van der Waals surface area contributed by atoms with Crippen molar-refractivity contribution in [3.05, 3.63) is 35.4 Å². The molecule has 0 aliphatic carbocycles. The Labute approximate surface area is 123 Å². The second kappa shape index (κ2) is 6.70. The predicted octanol–water partition coefficient (Wildman–Crippen LogP) is 1.90. The second-order valence-corrected chi connectivity index (χ2v) is 6.35. The zero-order chi connectivity index (χ0) is 13.8. The molecule has 0 aromatic heterocycles. The number of hydrogen-bond acceptors (Lipinski definition) is 3. The van der Waals surface area contributed by atoms with Crippen molar-refractivity contribution in [2.24, 2.45) is 0 Å². The van der Waals surface area contributed by atoms with Gasteiger partial charge < -0.3 is 10.2 Å². The van der Waals surface area contributed by atoms with Gasteiger partial charge in [-0.05, 0) is 50.0 Å². The first-order valence-corrected chi connectivity index (χ1v) is 8.02. The van der Waals surface area contributed by atoms with Crippen LogP contribution in [-0.2, 0) is 6.54 Å². The Bertz CT molecular complexity index is 401. The van der Waals surface area contributed by atoms with Gasteiger partial charge in [0.15, 0.2) is 0 Å². The molecule has 2 aliphatic rings. The number of hydrogen-bond donors (Lipinski definition) is 1. The molecule has 3 heteroatoms. The van der Waals surface area contributed by atoms with Gasteiger partial charge in [-0.15, -0.1) is 0 Å². The first kappa shape index (κ1) is 14.1. The number of benzene rings is 1. The lowest BCUT2D eigenvalue weighted by Gasteiger charge is -2.29. The van der Waals surface area contributed by atoms with E-state index >= 15 is 0 Å². The van der Waals surface area contributed by atoms with E-state index in [0.29, 0.717) is 0 Å². The van der Waals surface area contributed by atoms with Crippen molar-refractivity contribution in [1.29, 1.82) is 0 Å². The molecule has 2 aliphatic heterocycles. The molecule has 0 amide bonds. The normalized spacial score (nSPS) is 23.1. The fraction of sp³-hybridized carbons (Fsp3) is 0.647. The van der Waals surface area contributed by atoms with E-state index in [9.17, 15) is 0 Å². The van der Waals surface area contributed by atoms with Crippen LogP contribution in [0.2, 0.25) is 0 Å². The van der Waals surface area contributed by atoms with Crippen LogP contribution in [-0.4, -0.2) is 56.1 Å². The second-order valence-electron chi connectivity index (χ2n) is 6.35. The molecule has 0 bridgehead atoms. The average Bonchev–Trinajstić information content (AvgIpc) is 2.50. The Balaban J connectivity index is 1.56. The fourth-order valence-electron chi connectivity index (χ4n) is 3.36. The van der Waals surface area contributed by atoms with Gasteiger partial charge in [-0.3, -0.25) is 4.90 Å². The van der Waals surface area contributed by atoms with Gasteiger partial charge in [-0.1, -0.05) is 24.3 Å².